The summed E-state index contributed by atoms with van der Waals surface area (Å²) in [5.74, 6) is 0.282. The van der Waals surface area contributed by atoms with Gasteiger partial charge in [-0.2, -0.15) is 0 Å². The molecule has 1 saturated carbocycles. The molecule has 0 radical (unpaired) electrons. The van der Waals surface area contributed by atoms with Gasteiger partial charge in [-0.15, -0.1) is 0 Å². The molecule has 1 aliphatic rings. The molecule has 5 nitrogen and oxygen atoms in total. The van der Waals surface area contributed by atoms with Crippen LogP contribution in [0, 0.1) is 18.8 Å². The molecule has 1 aromatic rings. The quantitative estimate of drug-likeness (QED) is 0.780. The van der Waals surface area contributed by atoms with Crippen molar-refractivity contribution >= 4 is 17.7 Å². The topological polar surface area (TPSA) is 78.4 Å². The number of amides is 2. The van der Waals surface area contributed by atoms with Gasteiger partial charge in [0.1, 0.15) is 0 Å². The van der Waals surface area contributed by atoms with E-state index in [2.05, 4.69) is 17.6 Å². The second-order valence-electron chi connectivity index (χ2n) is 5.14. The Kier molecular flexibility index (Phi) is 3.74. The predicted molar refractivity (Wildman–Crippen MR) is 72.4 cm³/mol. The summed E-state index contributed by atoms with van der Waals surface area (Å²) >= 11 is 0. The highest BCUT2D eigenvalue weighted by atomic mass is 16.4. The minimum atomic E-state index is -0.992. The first kappa shape index (κ1) is 13.4. The number of benzene rings is 1. The van der Waals surface area contributed by atoms with E-state index in [0.29, 0.717) is 29.6 Å². The smallest absolute Gasteiger partial charge is 0.336 e. The number of carbonyl (C=O) groups is 2. The van der Waals surface area contributed by atoms with Gasteiger partial charge in [0.25, 0.3) is 0 Å². The van der Waals surface area contributed by atoms with Gasteiger partial charge in [-0.25, -0.2) is 9.59 Å². The molecule has 0 aliphatic heterocycles. The van der Waals surface area contributed by atoms with E-state index in [1.165, 1.54) is 6.07 Å². The van der Waals surface area contributed by atoms with E-state index in [-0.39, 0.29) is 11.6 Å². The fourth-order valence-electron chi connectivity index (χ4n) is 2.01. The van der Waals surface area contributed by atoms with Crippen LogP contribution in [0.1, 0.15) is 29.3 Å². The van der Waals surface area contributed by atoms with Gasteiger partial charge < -0.3 is 15.7 Å². The van der Waals surface area contributed by atoms with Crippen LogP contribution in [0.5, 0.6) is 0 Å². The van der Waals surface area contributed by atoms with E-state index in [4.69, 9.17) is 5.11 Å². The zero-order valence-corrected chi connectivity index (χ0v) is 11.1. The number of urea groups is 1. The van der Waals surface area contributed by atoms with Crippen molar-refractivity contribution in [1.82, 2.24) is 5.32 Å². The van der Waals surface area contributed by atoms with Crippen LogP contribution in [0.4, 0.5) is 10.5 Å². The Bertz CT molecular complexity index is 513. The molecule has 5 heteroatoms. The summed E-state index contributed by atoms with van der Waals surface area (Å²) in [4.78, 5) is 22.6. The van der Waals surface area contributed by atoms with Crippen molar-refractivity contribution in [3.05, 3.63) is 29.3 Å². The highest BCUT2D eigenvalue weighted by molar-refractivity contribution is 5.94. The first-order chi connectivity index (χ1) is 8.97. The van der Waals surface area contributed by atoms with Gasteiger partial charge in [0.2, 0.25) is 0 Å². The van der Waals surface area contributed by atoms with Crippen molar-refractivity contribution in [2.24, 2.45) is 11.8 Å². The SMILES string of the molecule is Cc1ccc(NC(=O)NCC2CC2C)cc1C(=O)O. The molecule has 0 bridgehead atoms. The second-order valence-corrected chi connectivity index (χ2v) is 5.14. The Morgan fingerprint density at radius 1 is 1.42 bits per heavy atom. The molecular weight excluding hydrogens is 244 g/mol. The van der Waals surface area contributed by atoms with Crippen molar-refractivity contribution in [2.75, 3.05) is 11.9 Å². The van der Waals surface area contributed by atoms with Crippen molar-refractivity contribution in [1.29, 1.82) is 0 Å². The lowest BCUT2D eigenvalue weighted by atomic mass is 10.1. The number of aryl methyl sites for hydroxylation is 1. The molecule has 1 aliphatic carbocycles. The monoisotopic (exact) mass is 262 g/mol. The van der Waals surface area contributed by atoms with Gasteiger partial charge in [0.15, 0.2) is 0 Å². The predicted octanol–water partition coefficient (Wildman–Crippen LogP) is 2.47. The molecule has 19 heavy (non-hydrogen) atoms. The number of carbonyl (C=O) groups excluding carboxylic acids is 1. The lowest BCUT2D eigenvalue weighted by Gasteiger charge is -2.09. The van der Waals surface area contributed by atoms with Crippen LogP contribution < -0.4 is 10.6 Å². The minimum absolute atomic E-state index is 0.202. The van der Waals surface area contributed by atoms with Crippen molar-refractivity contribution in [3.63, 3.8) is 0 Å². The third kappa shape index (κ3) is 3.47. The van der Waals surface area contributed by atoms with Gasteiger partial charge in [-0.1, -0.05) is 13.0 Å². The van der Waals surface area contributed by atoms with Crippen LogP contribution in [0.25, 0.3) is 0 Å². The fourth-order valence-corrected chi connectivity index (χ4v) is 2.01. The number of hydrogen-bond acceptors (Lipinski definition) is 2. The van der Waals surface area contributed by atoms with Gasteiger partial charge in [-0.05, 0) is 42.9 Å². The third-order valence-corrected chi connectivity index (χ3v) is 3.53. The number of nitrogens with one attached hydrogen (secondary N) is 2. The Balaban J connectivity index is 1.92. The van der Waals surface area contributed by atoms with Crippen LogP contribution in [-0.4, -0.2) is 23.7 Å². The maximum absolute atomic E-state index is 11.6. The molecule has 2 atom stereocenters. The van der Waals surface area contributed by atoms with Crippen LogP contribution >= 0.6 is 0 Å². The normalized spacial score (nSPS) is 20.7. The molecule has 2 rings (SSSR count). The standard InChI is InChI=1S/C14H18N2O3/c1-8-3-4-11(6-12(8)13(17)18)16-14(19)15-7-10-5-9(10)2/h3-4,6,9-10H,5,7H2,1-2H3,(H,17,18)(H2,15,16,19). The number of hydrogen-bond donors (Lipinski definition) is 3. The molecule has 0 heterocycles. The van der Waals surface area contributed by atoms with Gasteiger partial charge in [0.05, 0.1) is 5.56 Å². The Morgan fingerprint density at radius 2 is 2.11 bits per heavy atom. The van der Waals surface area contributed by atoms with E-state index in [1.54, 1.807) is 19.1 Å². The van der Waals surface area contributed by atoms with Crippen LogP contribution in [0.2, 0.25) is 0 Å². The molecule has 0 saturated heterocycles. The first-order valence-corrected chi connectivity index (χ1v) is 6.36. The number of rotatable bonds is 4. The lowest BCUT2D eigenvalue weighted by molar-refractivity contribution is 0.0696. The Morgan fingerprint density at radius 3 is 2.68 bits per heavy atom. The zero-order chi connectivity index (χ0) is 14.0. The average molecular weight is 262 g/mol. The van der Waals surface area contributed by atoms with E-state index >= 15 is 0 Å². The van der Waals surface area contributed by atoms with E-state index in [1.807, 2.05) is 0 Å². The number of aromatic carboxylic acids is 1. The van der Waals surface area contributed by atoms with Crippen molar-refractivity contribution < 1.29 is 14.7 Å². The van der Waals surface area contributed by atoms with Crippen LogP contribution in [0.15, 0.2) is 18.2 Å². The fraction of sp³-hybridized carbons (Fsp3) is 0.429. The molecule has 2 amide bonds. The summed E-state index contributed by atoms with van der Waals surface area (Å²) in [6.45, 7) is 4.55. The maximum atomic E-state index is 11.6. The summed E-state index contributed by atoms with van der Waals surface area (Å²) in [6.07, 6.45) is 1.16. The van der Waals surface area contributed by atoms with Crippen LogP contribution in [0.3, 0.4) is 0 Å². The Labute approximate surface area is 112 Å². The first-order valence-electron chi connectivity index (χ1n) is 6.36. The minimum Gasteiger partial charge on any atom is -0.478 e. The largest absolute Gasteiger partial charge is 0.478 e. The maximum Gasteiger partial charge on any atom is 0.336 e. The van der Waals surface area contributed by atoms with Gasteiger partial charge in [0, 0.05) is 12.2 Å². The molecular formula is C14H18N2O3. The highest BCUT2D eigenvalue weighted by Gasteiger charge is 2.32. The third-order valence-electron chi connectivity index (χ3n) is 3.53. The lowest BCUT2D eigenvalue weighted by Crippen LogP contribution is -2.30. The van der Waals surface area contributed by atoms with E-state index in [0.717, 1.165) is 6.42 Å². The van der Waals surface area contributed by atoms with Gasteiger partial charge >= 0.3 is 12.0 Å². The van der Waals surface area contributed by atoms with Crippen molar-refractivity contribution in [2.45, 2.75) is 20.3 Å². The van der Waals surface area contributed by atoms with E-state index < -0.39 is 5.97 Å². The molecule has 0 spiro atoms. The zero-order valence-electron chi connectivity index (χ0n) is 11.1. The molecule has 2 unspecified atom stereocenters. The number of carboxylic acids is 1. The summed E-state index contributed by atoms with van der Waals surface area (Å²) in [7, 11) is 0. The van der Waals surface area contributed by atoms with Crippen LogP contribution in [-0.2, 0) is 0 Å². The van der Waals surface area contributed by atoms with Gasteiger partial charge in [-0.3, -0.25) is 0 Å². The summed E-state index contributed by atoms with van der Waals surface area (Å²) in [6, 6.07) is 4.56. The summed E-state index contributed by atoms with van der Waals surface area (Å²) < 4.78 is 0. The second kappa shape index (κ2) is 5.30. The molecule has 1 aromatic carbocycles. The molecule has 1 fully saturated rings. The summed E-state index contributed by atoms with van der Waals surface area (Å²) in [5, 5.41) is 14.4. The number of anilines is 1. The average Bonchev–Trinajstić information content (AvgIpc) is 3.05. The molecule has 0 aromatic heterocycles. The van der Waals surface area contributed by atoms with E-state index in [9.17, 15) is 9.59 Å². The molecule has 102 valence electrons. The highest BCUT2D eigenvalue weighted by Crippen LogP contribution is 2.36. The number of carboxylic acid groups (broad SMARTS) is 1. The van der Waals surface area contributed by atoms with Crippen molar-refractivity contribution in [3.8, 4) is 0 Å². The summed E-state index contributed by atoms with van der Waals surface area (Å²) in [5.41, 5.74) is 1.36. The Hall–Kier alpha value is -2.04. The molecule has 3 N–H and O–H groups in total.